The van der Waals surface area contributed by atoms with Crippen molar-refractivity contribution in [2.45, 2.75) is 26.2 Å². The van der Waals surface area contributed by atoms with Crippen molar-refractivity contribution in [2.24, 2.45) is 5.92 Å². The van der Waals surface area contributed by atoms with E-state index in [0.29, 0.717) is 18.0 Å². The fraction of sp³-hybridized carbons (Fsp3) is 0.471. The largest absolute Gasteiger partial charge is 0.395 e. The monoisotopic (exact) mass is 286 g/mol. The summed E-state index contributed by atoms with van der Waals surface area (Å²) in [5, 5.41) is 10.2. The highest BCUT2D eigenvalue weighted by Crippen LogP contribution is 2.33. The molecule has 1 atom stereocenters. The van der Waals surface area contributed by atoms with Crippen molar-refractivity contribution < 1.29 is 9.90 Å². The van der Waals surface area contributed by atoms with Crippen LogP contribution in [-0.4, -0.2) is 41.1 Å². The van der Waals surface area contributed by atoms with E-state index in [1.165, 1.54) is 23.1 Å². The number of H-pyrrole nitrogens is 1. The smallest absolute Gasteiger partial charge is 0.255 e. The summed E-state index contributed by atoms with van der Waals surface area (Å²) >= 11 is 0. The molecule has 0 bridgehead atoms. The molecule has 0 aliphatic heterocycles. The second-order valence-electron chi connectivity index (χ2n) is 6.11. The lowest BCUT2D eigenvalue weighted by molar-refractivity contribution is 0.0768. The molecule has 3 rings (SSSR count). The molecule has 4 nitrogen and oxygen atoms in total. The van der Waals surface area contributed by atoms with Gasteiger partial charge < -0.3 is 15.0 Å². The summed E-state index contributed by atoms with van der Waals surface area (Å²) in [5.41, 5.74) is 4.31. The number of aryl methyl sites for hydroxylation is 1. The van der Waals surface area contributed by atoms with Crippen LogP contribution in [0.15, 0.2) is 18.2 Å². The number of benzene rings is 1. The summed E-state index contributed by atoms with van der Waals surface area (Å²) in [4.78, 5) is 17.6. The average molecular weight is 286 g/mol. The van der Waals surface area contributed by atoms with Crippen LogP contribution in [-0.2, 0) is 12.8 Å². The SMILES string of the molecule is CC1CCc2[nH]c3c(C(=O)N(C)CCO)cccc3c2C1. The highest BCUT2D eigenvalue weighted by molar-refractivity contribution is 6.06. The Morgan fingerprint density at radius 1 is 1.48 bits per heavy atom. The van der Waals surface area contributed by atoms with E-state index in [1.54, 1.807) is 11.9 Å². The third-order valence-corrected chi connectivity index (χ3v) is 4.48. The summed E-state index contributed by atoms with van der Waals surface area (Å²) in [6, 6.07) is 5.92. The molecular weight excluding hydrogens is 264 g/mol. The van der Waals surface area contributed by atoms with E-state index in [2.05, 4.69) is 18.0 Å². The number of hydrogen-bond donors (Lipinski definition) is 2. The lowest BCUT2D eigenvalue weighted by atomic mass is 9.87. The van der Waals surface area contributed by atoms with Crippen LogP contribution in [0.3, 0.4) is 0 Å². The van der Waals surface area contributed by atoms with Crippen molar-refractivity contribution in [1.82, 2.24) is 9.88 Å². The minimum Gasteiger partial charge on any atom is -0.395 e. The number of nitrogens with one attached hydrogen (secondary N) is 1. The number of aliphatic hydroxyl groups excluding tert-OH is 1. The molecule has 0 saturated carbocycles. The maximum absolute atomic E-state index is 12.5. The topological polar surface area (TPSA) is 56.3 Å². The molecular formula is C17H22N2O2. The second-order valence-corrected chi connectivity index (χ2v) is 6.11. The van der Waals surface area contributed by atoms with Crippen LogP contribution in [0.25, 0.3) is 10.9 Å². The number of para-hydroxylation sites is 1. The quantitative estimate of drug-likeness (QED) is 0.910. The summed E-state index contributed by atoms with van der Waals surface area (Å²) < 4.78 is 0. The lowest BCUT2D eigenvalue weighted by Crippen LogP contribution is -2.29. The predicted molar refractivity (Wildman–Crippen MR) is 83.5 cm³/mol. The molecule has 0 fully saturated rings. The van der Waals surface area contributed by atoms with Crippen LogP contribution in [0.4, 0.5) is 0 Å². The Balaban J connectivity index is 2.07. The third-order valence-electron chi connectivity index (χ3n) is 4.48. The molecule has 1 aliphatic carbocycles. The summed E-state index contributed by atoms with van der Waals surface area (Å²) in [6.07, 6.45) is 3.35. The number of nitrogens with zero attached hydrogens (tertiary/aromatic N) is 1. The molecule has 1 aliphatic rings. The molecule has 1 aromatic heterocycles. The molecule has 1 aromatic carbocycles. The van der Waals surface area contributed by atoms with Gasteiger partial charge in [0.05, 0.1) is 17.7 Å². The Bertz CT molecular complexity index is 675. The maximum atomic E-state index is 12.5. The van der Waals surface area contributed by atoms with Crippen molar-refractivity contribution in [3.8, 4) is 0 Å². The number of carbonyl (C=O) groups excluding carboxylic acids is 1. The van der Waals surface area contributed by atoms with Gasteiger partial charge in [-0.25, -0.2) is 0 Å². The molecule has 2 aromatic rings. The molecule has 1 amide bonds. The van der Waals surface area contributed by atoms with E-state index < -0.39 is 0 Å². The second kappa shape index (κ2) is 5.53. The first-order valence-electron chi connectivity index (χ1n) is 7.60. The van der Waals surface area contributed by atoms with Gasteiger partial charge in [0.1, 0.15) is 0 Å². The van der Waals surface area contributed by atoms with E-state index in [0.717, 1.165) is 18.4 Å². The minimum absolute atomic E-state index is 0.0169. The summed E-state index contributed by atoms with van der Waals surface area (Å²) in [6.45, 7) is 2.62. The van der Waals surface area contributed by atoms with Gasteiger partial charge in [0, 0.05) is 24.7 Å². The molecule has 0 radical (unpaired) electrons. The Labute approximate surface area is 124 Å². The minimum atomic E-state index is -0.0405. The first-order chi connectivity index (χ1) is 10.1. The van der Waals surface area contributed by atoms with Crippen LogP contribution in [0.5, 0.6) is 0 Å². The van der Waals surface area contributed by atoms with Crippen LogP contribution in [0, 0.1) is 5.92 Å². The zero-order valence-corrected chi connectivity index (χ0v) is 12.6. The van der Waals surface area contributed by atoms with Gasteiger partial charge in [0.15, 0.2) is 0 Å². The number of hydrogen-bond acceptors (Lipinski definition) is 2. The Hall–Kier alpha value is -1.81. The lowest BCUT2D eigenvalue weighted by Gasteiger charge is -2.18. The van der Waals surface area contributed by atoms with Gasteiger partial charge in [-0.05, 0) is 36.8 Å². The fourth-order valence-corrected chi connectivity index (χ4v) is 3.25. The van der Waals surface area contributed by atoms with E-state index in [-0.39, 0.29) is 12.5 Å². The van der Waals surface area contributed by atoms with E-state index in [1.807, 2.05) is 12.1 Å². The normalized spacial score (nSPS) is 17.8. The van der Waals surface area contributed by atoms with Gasteiger partial charge in [-0.15, -0.1) is 0 Å². The molecule has 0 saturated heterocycles. The number of aromatic nitrogens is 1. The van der Waals surface area contributed by atoms with Crippen LogP contribution >= 0.6 is 0 Å². The van der Waals surface area contributed by atoms with Gasteiger partial charge in [-0.1, -0.05) is 19.1 Å². The van der Waals surface area contributed by atoms with Crippen LogP contribution in [0.2, 0.25) is 0 Å². The number of aromatic amines is 1. The highest BCUT2D eigenvalue weighted by Gasteiger charge is 2.23. The van der Waals surface area contributed by atoms with E-state index in [9.17, 15) is 4.79 Å². The number of carbonyl (C=O) groups is 1. The molecule has 112 valence electrons. The molecule has 4 heteroatoms. The van der Waals surface area contributed by atoms with Gasteiger partial charge in [0.2, 0.25) is 0 Å². The molecule has 21 heavy (non-hydrogen) atoms. The summed E-state index contributed by atoms with van der Waals surface area (Å²) in [7, 11) is 1.72. The van der Waals surface area contributed by atoms with Gasteiger partial charge in [-0.2, -0.15) is 0 Å². The van der Waals surface area contributed by atoms with Gasteiger partial charge >= 0.3 is 0 Å². The fourth-order valence-electron chi connectivity index (χ4n) is 3.25. The van der Waals surface area contributed by atoms with Crippen molar-refractivity contribution >= 4 is 16.8 Å². The Kier molecular flexibility index (Phi) is 3.72. The van der Waals surface area contributed by atoms with Gasteiger partial charge in [0.25, 0.3) is 5.91 Å². The predicted octanol–water partition coefficient (Wildman–Crippen LogP) is 2.36. The first-order valence-corrected chi connectivity index (χ1v) is 7.60. The Morgan fingerprint density at radius 3 is 3.05 bits per heavy atom. The molecule has 1 unspecified atom stereocenters. The average Bonchev–Trinajstić information content (AvgIpc) is 2.84. The van der Waals surface area contributed by atoms with Crippen molar-refractivity contribution in [3.63, 3.8) is 0 Å². The molecule has 1 heterocycles. The van der Waals surface area contributed by atoms with Crippen molar-refractivity contribution in [2.75, 3.05) is 20.2 Å². The van der Waals surface area contributed by atoms with Crippen LogP contribution in [0.1, 0.15) is 35.0 Å². The van der Waals surface area contributed by atoms with Crippen LogP contribution < -0.4 is 0 Å². The highest BCUT2D eigenvalue weighted by atomic mass is 16.3. The molecule has 0 spiro atoms. The standard InChI is InChI=1S/C17H22N2O2/c1-11-6-7-15-14(10-11)12-4-3-5-13(16(12)18-15)17(21)19(2)8-9-20/h3-5,11,18,20H,6-10H2,1-2H3. The van der Waals surface area contributed by atoms with Gasteiger partial charge in [-0.3, -0.25) is 4.79 Å². The van der Waals surface area contributed by atoms with Crippen molar-refractivity contribution in [1.29, 1.82) is 0 Å². The number of rotatable bonds is 3. The number of amides is 1. The van der Waals surface area contributed by atoms with E-state index in [4.69, 9.17) is 5.11 Å². The number of aliphatic hydroxyl groups is 1. The number of fused-ring (bicyclic) bond motifs is 3. The third kappa shape index (κ3) is 2.44. The Morgan fingerprint density at radius 2 is 2.29 bits per heavy atom. The first kappa shape index (κ1) is 14.1. The zero-order valence-electron chi connectivity index (χ0n) is 12.6. The summed E-state index contributed by atoms with van der Waals surface area (Å²) in [5.74, 6) is 0.661. The van der Waals surface area contributed by atoms with Crippen molar-refractivity contribution in [3.05, 3.63) is 35.0 Å². The number of likely N-dealkylation sites (N-methyl/N-ethyl adjacent to an activating group) is 1. The zero-order chi connectivity index (χ0) is 15.0. The molecule has 2 N–H and O–H groups in total. The maximum Gasteiger partial charge on any atom is 0.255 e. The van der Waals surface area contributed by atoms with E-state index >= 15 is 0 Å².